The molecule has 12 heteroatoms. The molecule has 0 unspecified atom stereocenters. The van der Waals surface area contributed by atoms with Gasteiger partial charge in [0.05, 0.1) is 52.9 Å². The molecule has 0 aliphatic carbocycles. The average molecular weight is 921 g/mol. The van der Waals surface area contributed by atoms with Gasteiger partial charge in [0.1, 0.15) is 0 Å². The van der Waals surface area contributed by atoms with Crippen molar-refractivity contribution in [3.8, 4) is 0 Å². The average Bonchev–Trinajstić information content (AvgIpc) is 3.38. The third kappa shape index (κ3) is 19.7. The van der Waals surface area contributed by atoms with Crippen molar-refractivity contribution in [1.29, 1.82) is 0 Å². The standard InChI is InChI=1S/C56H72N8O4/c1-5-23-57-53(15-1)19-27-61(28-20-54-16-2-6-24-58-54)45-49-11-9-13-51(43-49)47-63-31-35-65-39-41-67-37-33-64(34-38-68-42-40-66-36-32-63)48-52-14-10-12-50(44-52)46-62(29-21-55-17-3-7-25-59-55)30-22-56-18-4-8-26-60-56/h1-18,23-26,43-44H,19-22,27-42,45-48H2. The summed E-state index contributed by atoms with van der Waals surface area (Å²) in [6.45, 7) is 15.1. The lowest BCUT2D eigenvalue weighted by atomic mass is 10.1. The molecule has 0 atom stereocenters. The zero-order valence-corrected chi connectivity index (χ0v) is 40.0. The molecule has 2 aromatic carbocycles. The molecule has 1 aliphatic rings. The van der Waals surface area contributed by atoms with Gasteiger partial charge in [-0.1, -0.05) is 72.8 Å². The van der Waals surface area contributed by atoms with E-state index in [-0.39, 0.29) is 0 Å². The van der Waals surface area contributed by atoms with Crippen LogP contribution < -0.4 is 0 Å². The van der Waals surface area contributed by atoms with Gasteiger partial charge in [0.25, 0.3) is 0 Å². The molecule has 360 valence electrons. The van der Waals surface area contributed by atoms with Crippen molar-refractivity contribution < 1.29 is 18.9 Å². The van der Waals surface area contributed by atoms with E-state index in [1.54, 1.807) is 0 Å². The first-order valence-corrected chi connectivity index (χ1v) is 24.7. The number of pyridine rings is 4. The van der Waals surface area contributed by atoms with Crippen LogP contribution in [0.5, 0.6) is 0 Å². The molecule has 0 saturated carbocycles. The van der Waals surface area contributed by atoms with Gasteiger partial charge in [0.2, 0.25) is 0 Å². The zero-order valence-electron chi connectivity index (χ0n) is 40.0. The minimum atomic E-state index is 0.564. The van der Waals surface area contributed by atoms with Gasteiger partial charge in [0, 0.05) is 152 Å². The Kier molecular flexibility index (Phi) is 22.5. The maximum absolute atomic E-state index is 6.13. The Labute approximate surface area is 405 Å². The second kappa shape index (κ2) is 30.3. The fourth-order valence-corrected chi connectivity index (χ4v) is 8.46. The highest BCUT2D eigenvalue weighted by Gasteiger charge is 2.14. The SMILES string of the molecule is c1ccc(CCN(CCc2ccccn2)Cc2cccc(CN3CCOCCOCCN(Cc4cccc(CN(CCc5ccccn5)CCc5ccccn5)c4)CCOCCOCC3)c2)nc1. The number of hydrogen-bond acceptors (Lipinski definition) is 12. The lowest BCUT2D eigenvalue weighted by molar-refractivity contribution is 0.00623. The molecule has 4 aromatic heterocycles. The van der Waals surface area contributed by atoms with Gasteiger partial charge in [-0.3, -0.25) is 39.5 Å². The molecule has 0 spiro atoms. The third-order valence-electron chi connectivity index (χ3n) is 12.2. The maximum atomic E-state index is 6.13. The molecule has 1 fully saturated rings. The fraction of sp³-hybridized carbons (Fsp3) is 0.429. The Morgan fingerprint density at radius 3 is 0.956 bits per heavy atom. The van der Waals surface area contributed by atoms with Crippen LogP contribution in [0, 0.1) is 0 Å². The van der Waals surface area contributed by atoms with Gasteiger partial charge in [-0.25, -0.2) is 0 Å². The van der Waals surface area contributed by atoms with Crippen molar-refractivity contribution in [3.63, 3.8) is 0 Å². The minimum absolute atomic E-state index is 0.564. The lowest BCUT2D eigenvalue weighted by Crippen LogP contribution is -2.33. The summed E-state index contributed by atoms with van der Waals surface area (Å²) in [6.07, 6.45) is 11.1. The maximum Gasteiger partial charge on any atom is 0.0701 e. The number of hydrogen-bond donors (Lipinski definition) is 0. The van der Waals surface area contributed by atoms with Gasteiger partial charge >= 0.3 is 0 Å². The topological polar surface area (TPSA) is 101 Å². The normalized spacial score (nSPS) is 15.6. The van der Waals surface area contributed by atoms with Crippen molar-refractivity contribution in [2.45, 2.75) is 51.9 Å². The van der Waals surface area contributed by atoms with Crippen LogP contribution in [0.25, 0.3) is 0 Å². The van der Waals surface area contributed by atoms with E-state index in [1.807, 2.05) is 49.1 Å². The highest BCUT2D eigenvalue weighted by atomic mass is 16.5. The number of nitrogens with zero attached hydrogens (tertiary/aromatic N) is 8. The van der Waals surface area contributed by atoms with Crippen LogP contribution in [0.4, 0.5) is 0 Å². The molecular weight excluding hydrogens is 849 g/mol. The van der Waals surface area contributed by atoms with Crippen LogP contribution in [-0.2, 0) is 70.8 Å². The van der Waals surface area contributed by atoms with Crippen LogP contribution in [0.1, 0.15) is 45.0 Å². The Bertz CT molecular complexity index is 1960. The smallest absolute Gasteiger partial charge is 0.0701 e. The van der Waals surface area contributed by atoms with E-state index >= 15 is 0 Å². The second-order valence-corrected chi connectivity index (χ2v) is 17.5. The van der Waals surface area contributed by atoms with E-state index in [2.05, 4.69) is 137 Å². The number of aromatic nitrogens is 4. The summed E-state index contributed by atoms with van der Waals surface area (Å²) in [5.74, 6) is 0. The Morgan fingerprint density at radius 1 is 0.353 bits per heavy atom. The summed E-state index contributed by atoms with van der Waals surface area (Å²) in [6, 6.07) is 42.7. The largest absolute Gasteiger partial charge is 0.378 e. The van der Waals surface area contributed by atoms with Gasteiger partial charge in [-0.05, 0) is 70.8 Å². The van der Waals surface area contributed by atoms with Crippen LogP contribution in [-0.4, -0.2) is 145 Å². The fourth-order valence-electron chi connectivity index (χ4n) is 8.46. The summed E-state index contributed by atoms with van der Waals surface area (Å²) >= 11 is 0. The number of benzene rings is 2. The lowest BCUT2D eigenvalue weighted by Gasteiger charge is -2.25. The molecule has 0 amide bonds. The monoisotopic (exact) mass is 921 g/mol. The zero-order chi connectivity index (χ0) is 46.5. The molecule has 68 heavy (non-hydrogen) atoms. The Balaban J connectivity index is 0.870. The van der Waals surface area contributed by atoms with Crippen molar-refractivity contribution in [2.75, 3.05) is 105 Å². The highest BCUT2D eigenvalue weighted by molar-refractivity contribution is 5.25. The quantitative estimate of drug-likeness (QED) is 0.0773. The first-order valence-electron chi connectivity index (χ1n) is 24.7. The molecule has 6 aromatic rings. The predicted molar refractivity (Wildman–Crippen MR) is 269 cm³/mol. The summed E-state index contributed by atoms with van der Waals surface area (Å²) < 4.78 is 24.5. The molecule has 7 rings (SSSR count). The van der Waals surface area contributed by atoms with Gasteiger partial charge < -0.3 is 18.9 Å². The first kappa shape index (κ1) is 50.6. The summed E-state index contributed by atoms with van der Waals surface area (Å²) in [5, 5.41) is 0. The number of rotatable bonds is 20. The minimum Gasteiger partial charge on any atom is -0.378 e. The Hall–Kier alpha value is -5.28. The van der Waals surface area contributed by atoms with E-state index in [0.29, 0.717) is 52.9 Å². The van der Waals surface area contributed by atoms with Crippen molar-refractivity contribution in [2.24, 2.45) is 0 Å². The highest BCUT2D eigenvalue weighted by Crippen LogP contribution is 2.15. The predicted octanol–water partition coefficient (Wildman–Crippen LogP) is 7.23. The molecule has 1 saturated heterocycles. The molecule has 0 radical (unpaired) electrons. The molecule has 5 heterocycles. The van der Waals surface area contributed by atoms with E-state index < -0.39 is 0 Å². The summed E-state index contributed by atoms with van der Waals surface area (Å²) in [7, 11) is 0. The van der Waals surface area contributed by atoms with Gasteiger partial charge in [-0.2, -0.15) is 0 Å². The number of ether oxygens (including phenoxy) is 4. The third-order valence-corrected chi connectivity index (χ3v) is 12.2. The van der Waals surface area contributed by atoms with Crippen LogP contribution >= 0.6 is 0 Å². The second-order valence-electron chi connectivity index (χ2n) is 17.5. The van der Waals surface area contributed by atoms with Crippen LogP contribution in [0.15, 0.2) is 146 Å². The Morgan fingerprint density at radius 2 is 0.662 bits per heavy atom. The first-order chi connectivity index (χ1) is 33.7. The van der Waals surface area contributed by atoms with Crippen molar-refractivity contribution >= 4 is 0 Å². The van der Waals surface area contributed by atoms with Gasteiger partial charge in [0.15, 0.2) is 0 Å². The van der Waals surface area contributed by atoms with Gasteiger partial charge in [-0.15, -0.1) is 0 Å². The van der Waals surface area contributed by atoms with Crippen molar-refractivity contribution in [1.82, 2.24) is 39.5 Å². The molecule has 0 N–H and O–H groups in total. The summed E-state index contributed by atoms with van der Waals surface area (Å²) in [5.41, 5.74) is 9.66. The summed E-state index contributed by atoms with van der Waals surface area (Å²) in [4.78, 5) is 28.2. The van der Waals surface area contributed by atoms with E-state index in [1.165, 1.54) is 22.3 Å². The molecule has 0 bridgehead atoms. The van der Waals surface area contributed by atoms with E-state index in [4.69, 9.17) is 18.9 Å². The van der Waals surface area contributed by atoms with Crippen LogP contribution in [0.2, 0.25) is 0 Å². The molecule has 1 aliphatic heterocycles. The van der Waals surface area contributed by atoms with E-state index in [0.717, 1.165) is 127 Å². The van der Waals surface area contributed by atoms with Crippen LogP contribution in [0.3, 0.4) is 0 Å². The van der Waals surface area contributed by atoms with E-state index in [9.17, 15) is 0 Å². The molecule has 12 nitrogen and oxygen atoms in total. The van der Waals surface area contributed by atoms with Crippen molar-refractivity contribution in [3.05, 3.63) is 191 Å². The molecular formula is C56H72N8O4.